The number of piperazine rings is 1. The van der Waals surface area contributed by atoms with Gasteiger partial charge in [0.25, 0.3) is 0 Å². The molecule has 2 fully saturated rings. The lowest BCUT2D eigenvalue weighted by Gasteiger charge is -2.53. The molecule has 0 saturated carbocycles. The summed E-state index contributed by atoms with van der Waals surface area (Å²) in [5.74, 6) is -0.380. The summed E-state index contributed by atoms with van der Waals surface area (Å²) >= 11 is 0. The number of aliphatic hydroxyl groups is 1. The number of carbonyl (C=O) groups excluding carboxylic acids is 3. The minimum Gasteiger partial charge on any atom is -0.393 e. The molecule has 0 radical (unpaired) electrons. The molecule has 2 N–H and O–H groups in total. The summed E-state index contributed by atoms with van der Waals surface area (Å²) in [5.41, 5.74) is 1.10. The van der Waals surface area contributed by atoms with Crippen LogP contribution < -0.4 is 5.32 Å². The number of aliphatic hydroxyl groups excluding tert-OH is 1. The largest absolute Gasteiger partial charge is 0.393 e. The van der Waals surface area contributed by atoms with Gasteiger partial charge >= 0.3 is 0 Å². The van der Waals surface area contributed by atoms with Gasteiger partial charge in [-0.3, -0.25) is 19.4 Å². The first-order valence-electron chi connectivity index (χ1n) is 12.8. The molecule has 3 atom stereocenters. The molecule has 1 aromatic rings. The molecule has 0 aromatic heterocycles. The number of likely N-dealkylation sites (N-methyl/N-ethyl adjacent to an activating group) is 1. The molecular weight excluding hydrogens is 465 g/mol. The van der Waals surface area contributed by atoms with Crippen LogP contribution in [0.2, 0.25) is 0 Å². The number of hydrogen-bond donors (Lipinski definition) is 2. The third-order valence-corrected chi connectivity index (χ3v) is 6.04. The van der Waals surface area contributed by atoms with E-state index in [9.17, 15) is 23.9 Å². The van der Waals surface area contributed by atoms with Crippen LogP contribution >= 0.6 is 0 Å². The number of rotatable bonds is 9. The number of amides is 3. The van der Waals surface area contributed by atoms with Gasteiger partial charge in [0.2, 0.25) is 18.2 Å². The highest BCUT2D eigenvalue weighted by atomic mass is 19.1. The standard InChI is InChI=1S/C16H28N4O4.C8H10FN.C2H6/c1-4-5-6-13-16(24)18(8-7-12(2)22)9-14-19(11-21)17(3)10-15(23)20(13)14;1-10-6-7-2-4-8(9)5-3-7;1-2/h11-14,22H,4-10H2,1-3H3;2-5,10H,6H2,1H3;1-2H3/t12?,13-,14?;;/m0../s1. The Bertz CT molecular complexity index is 808. The van der Waals surface area contributed by atoms with E-state index in [1.54, 1.807) is 40.9 Å². The Balaban J connectivity index is 0.000000450. The average molecular weight is 510 g/mol. The Hall–Kier alpha value is -2.56. The van der Waals surface area contributed by atoms with Gasteiger partial charge in [-0.15, -0.1) is 0 Å². The molecule has 2 saturated heterocycles. The second-order valence-corrected chi connectivity index (χ2v) is 8.82. The second kappa shape index (κ2) is 16.2. The number of benzene rings is 1. The number of nitrogens with one attached hydrogen (secondary N) is 1. The van der Waals surface area contributed by atoms with E-state index in [0.717, 1.165) is 24.9 Å². The van der Waals surface area contributed by atoms with E-state index in [-0.39, 0.29) is 30.7 Å². The zero-order valence-corrected chi connectivity index (χ0v) is 22.6. The van der Waals surface area contributed by atoms with E-state index in [0.29, 0.717) is 25.8 Å². The van der Waals surface area contributed by atoms with E-state index in [1.165, 1.54) is 17.1 Å². The molecule has 0 aliphatic carbocycles. The molecule has 2 aliphatic heterocycles. The monoisotopic (exact) mass is 509 g/mol. The predicted molar refractivity (Wildman–Crippen MR) is 138 cm³/mol. The van der Waals surface area contributed by atoms with E-state index < -0.39 is 18.3 Å². The SMILES string of the molecule is CC.CCCC[C@H]1C(=O)N(CCC(C)O)CC2N1C(=O)CN(C)N2C=O.CNCc1ccc(F)cc1. The zero-order chi connectivity index (χ0) is 27.3. The summed E-state index contributed by atoms with van der Waals surface area (Å²) in [5, 5.41) is 15.6. The van der Waals surface area contributed by atoms with Crippen molar-refractivity contribution in [2.45, 2.75) is 78.2 Å². The van der Waals surface area contributed by atoms with Crippen molar-refractivity contribution in [3.05, 3.63) is 35.6 Å². The molecule has 1 aromatic carbocycles. The summed E-state index contributed by atoms with van der Waals surface area (Å²) in [6.07, 6.45) is 2.59. The molecule has 0 spiro atoms. The lowest BCUT2D eigenvalue weighted by molar-refractivity contribution is -0.197. The molecule has 204 valence electrons. The summed E-state index contributed by atoms with van der Waals surface area (Å²) < 4.78 is 12.3. The van der Waals surface area contributed by atoms with E-state index >= 15 is 0 Å². The molecule has 3 amide bonds. The molecule has 2 aliphatic rings. The van der Waals surface area contributed by atoms with Gasteiger partial charge in [-0.05, 0) is 44.5 Å². The summed E-state index contributed by atoms with van der Waals surface area (Å²) in [6, 6.07) is 5.94. The van der Waals surface area contributed by atoms with Crippen LogP contribution in [0, 0.1) is 5.82 Å². The molecular formula is C26H44FN5O4. The normalized spacial score (nSPS) is 20.6. The first kappa shape index (κ1) is 31.5. The van der Waals surface area contributed by atoms with Crippen LogP contribution in [0.4, 0.5) is 4.39 Å². The topological polar surface area (TPSA) is 96.4 Å². The van der Waals surface area contributed by atoms with Crippen LogP contribution in [0.25, 0.3) is 0 Å². The second-order valence-electron chi connectivity index (χ2n) is 8.82. The van der Waals surface area contributed by atoms with Crippen LogP contribution in [-0.2, 0) is 20.9 Å². The van der Waals surface area contributed by atoms with Gasteiger partial charge in [0, 0.05) is 20.1 Å². The van der Waals surface area contributed by atoms with Crippen molar-refractivity contribution in [1.82, 2.24) is 25.1 Å². The fourth-order valence-electron chi connectivity index (χ4n) is 4.21. The molecule has 2 unspecified atom stereocenters. The van der Waals surface area contributed by atoms with Crippen molar-refractivity contribution in [2.24, 2.45) is 0 Å². The number of hydrazine groups is 1. The number of nitrogens with zero attached hydrogens (tertiary/aromatic N) is 4. The molecule has 10 heteroatoms. The van der Waals surface area contributed by atoms with Gasteiger partial charge in [-0.2, -0.15) is 0 Å². The number of unbranched alkanes of at least 4 members (excludes halogenated alkanes) is 1. The quantitative estimate of drug-likeness (QED) is 0.496. The van der Waals surface area contributed by atoms with Crippen LogP contribution in [-0.4, -0.2) is 95.2 Å². The Morgan fingerprint density at radius 3 is 2.39 bits per heavy atom. The van der Waals surface area contributed by atoms with Gasteiger partial charge in [0.15, 0.2) is 0 Å². The third kappa shape index (κ3) is 8.83. The Morgan fingerprint density at radius 1 is 1.22 bits per heavy atom. The number of hydrogen-bond acceptors (Lipinski definition) is 6. The van der Waals surface area contributed by atoms with Gasteiger partial charge < -0.3 is 20.2 Å². The summed E-state index contributed by atoms with van der Waals surface area (Å²) in [7, 11) is 3.56. The maximum absolute atomic E-state index is 12.9. The van der Waals surface area contributed by atoms with Crippen molar-refractivity contribution < 1.29 is 23.9 Å². The fourth-order valence-corrected chi connectivity index (χ4v) is 4.21. The van der Waals surface area contributed by atoms with E-state index in [1.807, 2.05) is 27.8 Å². The lowest BCUT2D eigenvalue weighted by Crippen LogP contribution is -2.74. The average Bonchev–Trinajstić information content (AvgIpc) is 2.86. The first-order valence-corrected chi connectivity index (χ1v) is 12.8. The number of fused-ring (bicyclic) bond motifs is 1. The van der Waals surface area contributed by atoms with Crippen molar-refractivity contribution >= 4 is 18.2 Å². The minimum atomic E-state index is -0.527. The van der Waals surface area contributed by atoms with Gasteiger partial charge in [-0.25, -0.2) is 9.40 Å². The highest BCUT2D eigenvalue weighted by Gasteiger charge is 2.48. The van der Waals surface area contributed by atoms with Gasteiger partial charge in [-0.1, -0.05) is 45.7 Å². The van der Waals surface area contributed by atoms with Crippen molar-refractivity contribution in [2.75, 3.05) is 33.7 Å². The lowest BCUT2D eigenvalue weighted by atomic mass is 10.0. The van der Waals surface area contributed by atoms with Crippen molar-refractivity contribution in [3.63, 3.8) is 0 Å². The van der Waals surface area contributed by atoms with E-state index in [2.05, 4.69) is 5.32 Å². The molecule has 0 bridgehead atoms. The third-order valence-electron chi connectivity index (χ3n) is 6.04. The molecule has 36 heavy (non-hydrogen) atoms. The maximum Gasteiger partial charge on any atom is 0.245 e. The first-order chi connectivity index (χ1) is 17.2. The van der Waals surface area contributed by atoms with Crippen LogP contribution in [0.5, 0.6) is 0 Å². The number of carbonyl (C=O) groups is 3. The minimum absolute atomic E-state index is 0.0795. The predicted octanol–water partition coefficient (Wildman–Crippen LogP) is 2.20. The Labute approximate surface area is 215 Å². The van der Waals surface area contributed by atoms with Crippen molar-refractivity contribution in [3.8, 4) is 0 Å². The van der Waals surface area contributed by atoms with Crippen LogP contribution in [0.3, 0.4) is 0 Å². The molecule has 2 heterocycles. The fraction of sp³-hybridized carbons (Fsp3) is 0.654. The Morgan fingerprint density at radius 2 is 1.86 bits per heavy atom. The zero-order valence-electron chi connectivity index (χ0n) is 22.6. The van der Waals surface area contributed by atoms with Crippen LogP contribution in [0.1, 0.15) is 58.9 Å². The van der Waals surface area contributed by atoms with Gasteiger partial charge in [0.1, 0.15) is 18.0 Å². The number of halogens is 1. The summed E-state index contributed by atoms with van der Waals surface area (Å²) in [4.78, 5) is 40.2. The van der Waals surface area contributed by atoms with Gasteiger partial charge in [0.05, 0.1) is 19.2 Å². The highest BCUT2D eigenvalue weighted by molar-refractivity contribution is 5.90. The molecule has 3 rings (SSSR count). The van der Waals surface area contributed by atoms with Crippen molar-refractivity contribution in [1.29, 1.82) is 0 Å². The van der Waals surface area contributed by atoms with E-state index in [4.69, 9.17) is 0 Å². The Kier molecular flexibility index (Phi) is 14.2. The maximum atomic E-state index is 12.9. The van der Waals surface area contributed by atoms with Crippen LogP contribution in [0.15, 0.2) is 24.3 Å². The molecule has 9 nitrogen and oxygen atoms in total. The highest BCUT2D eigenvalue weighted by Crippen LogP contribution is 2.27. The summed E-state index contributed by atoms with van der Waals surface area (Å²) in [6.45, 7) is 9.32. The smallest absolute Gasteiger partial charge is 0.245 e.